The number of rotatable bonds is 9. The van der Waals surface area contributed by atoms with Crippen molar-refractivity contribution in [3.8, 4) is 0 Å². The molecule has 1 aliphatic heterocycles. The first-order chi connectivity index (χ1) is 9.09. The van der Waals surface area contributed by atoms with E-state index in [2.05, 4.69) is 5.32 Å². The Bertz CT molecular complexity index is 293. The number of nitrogens with one attached hydrogen (secondary N) is 1. The number of aliphatic carboxylic acids is 1. The number of hydrogen-bond acceptors (Lipinski definition) is 3. The van der Waals surface area contributed by atoms with E-state index < -0.39 is 5.97 Å². The summed E-state index contributed by atoms with van der Waals surface area (Å²) in [6.07, 6.45) is 6.68. The Hall–Kier alpha value is -1.10. The van der Waals surface area contributed by atoms with E-state index in [9.17, 15) is 9.59 Å². The molecule has 0 aromatic heterocycles. The van der Waals surface area contributed by atoms with Crippen molar-refractivity contribution in [1.29, 1.82) is 0 Å². The Morgan fingerprint density at radius 2 is 1.84 bits per heavy atom. The van der Waals surface area contributed by atoms with Crippen LogP contribution in [0.3, 0.4) is 0 Å². The minimum absolute atomic E-state index is 0.00947. The van der Waals surface area contributed by atoms with E-state index in [0.717, 1.165) is 44.9 Å². The first-order valence-electron chi connectivity index (χ1n) is 7.24. The zero-order valence-electron chi connectivity index (χ0n) is 11.7. The van der Waals surface area contributed by atoms with Crippen LogP contribution in [0.15, 0.2) is 0 Å². The molecule has 1 rings (SSSR count). The molecule has 1 heterocycles. The zero-order valence-corrected chi connectivity index (χ0v) is 11.7. The number of carboxylic acids is 1. The molecule has 5 nitrogen and oxygen atoms in total. The lowest BCUT2D eigenvalue weighted by atomic mass is 10.1. The number of carboxylic acid groups (broad SMARTS) is 1. The van der Waals surface area contributed by atoms with Crippen molar-refractivity contribution < 1.29 is 19.4 Å². The quantitative estimate of drug-likeness (QED) is 0.630. The molecule has 19 heavy (non-hydrogen) atoms. The van der Waals surface area contributed by atoms with Gasteiger partial charge in [0.05, 0.1) is 6.10 Å². The van der Waals surface area contributed by atoms with Crippen molar-refractivity contribution in [2.45, 2.75) is 70.5 Å². The number of amides is 1. The molecule has 1 saturated heterocycles. The molecule has 0 saturated carbocycles. The topological polar surface area (TPSA) is 75.6 Å². The third-order valence-corrected chi connectivity index (χ3v) is 3.39. The molecule has 2 N–H and O–H groups in total. The first kappa shape index (κ1) is 16.0. The van der Waals surface area contributed by atoms with Crippen molar-refractivity contribution in [3.63, 3.8) is 0 Å². The molecule has 0 radical (unpaired) electrons. The number of unbranched alkanes of at least 4 members (excludes halogenated alkanes) is 4. The van der Waals surface area contributed by atoms with Gasteiger partial charge in [0.15, 0.2) is 0 Å². The average molecular weight is 271 g/mol. The fourth-order valence-corrected chi connectivity index (χ4v) is 2.25. The van der Waals surface area contributed by atoms with Crippen LogP contribution in [0.1, 0.15) is 58.3 Å². The van der Waals surface area contributed by atoms with Gasteiger partial charge in [-0.3, -0.25) is 9.59 Å². The number of carbonyl (C=O) groups excluding carboxylic acids is 1. The summed E-state index contributed by atoms with van der Waals surface area (Å²) in [7, 11) is 0. The van der Waals surface area contributed by atoms with Crippen LogP contribution in [0.4, 0.5) is 0 Å². The smallest absolute Gasteiger partial charge is 0.303 e. The van der Waals surface area contributed by atoms with Crippen molar-refractivity contribution >= 4 is 11.9 Å². The van der Waals surface area contributed by atoms with Crippen LogP contribution < -0.4 is 5.32 Å². The monoisotopic (exact) mass is 271 g/mol. The van der Waals surface area contributed by atoms with Gasteiger partial charge in [-0.15, -0.1) is 0 Å². The molecule has 2 unspecified atom stereocenters. The lowest BCUT2D eigenvalue weighted by Gasteiger charge is -2.11. The minimum atomic E-state index is -0.724. The highest BCUT2D eigenvalue weighted by Crippen LogP contribution is 2.18. The molecule has 1 amide bonds. The van der Waals surface area contributed by atoms with Crippen LogP contribution in [0.5, 0.6) is 0 Å². The maximum atomic E-state index is 11.7. The summed E-state index contributed by atoms with van der Waals surface area (Å²) in [4.78, 5) is 22.0. The molecular formula is C14H25NO4. The van der Waals surface area contributed by atoms with E-state index in [1.807, 2.05) is 6.92 Å². The summed E-state index contributed by atoms with van der Waals surface area (Å²) in [5, 5.41) is 11.4. The predicted octanol–water partition coefficient (Wildman–Crippen LogP) is 2.10. The maximum absolute atomic E-state index is 11.7. The van der Waals surface area contributed by atoms with E-state index in [0.29, 0.717) is 6.54 Å². The molecule has 0 spiro atoms. The van der Waals surface area contributed by atoms with Crippen LogP contribution in [0, 0.1) is 0 Å². The highest BCUT2D eigenvalue weighted by Gasteiger charge is 2.27. The SMILES string of the molecule is CC1CCC(C(=O)NCCCCCCCC(=O)O)O1. The standard InChI is InChI=1S/C14H25NO4/c1-11-8-9-12(19-11)14(18)15-10-6-4-2-3-5-7-13(16)17/h11-12H,2-10H2,1H3,(H,15,18)(H,16,17). The fraction of sp³-hybridized carbons (Fsp3) is 0.857. The van der Waals surface area contributed by atoms with Crippen molar-refractivity contribution in [2.75, 3.05) is 6.54 Å². The molecule has 5 heteroatoms. The van der Waals surface area contributed by atoms with Gasteiger partial charge in [0.1, 0.15) is 6.10 Å². The second kappa shape index (κ2) is 8.91. The predicted molar refractivity (Wildman–Crippen MR) is 71.9 cm³/mol. The van der Waals surface area contributed by atoms with Gasteiger partial charge in [0.25, 0.3) is 0 Å². The molecule has 0 aliphatic carbocycles. The molecule has 2 atom stereocenters. The normalized spacial score (nSPS) is 22.4. The van der Waals surface area contributed by atoms with Gasteiger partial charge in [-0.2, -0.15) is 0 Å². The minimum Gasteiger partial charge on any atom is -0.481 e. The van der Waals surface area contributed by atoms with Crippen molar-refractivity contribution in [2.24, 2.45) is 0 Å². The Kier molecular flexibility index (Phi) is 7.48. The fourth-order valence-electron chi connectivity index (χ4n) is 2.25. The maximum Gasteiger partial charge on any atom is 0.303 e. The van der Waals surface area contributed by atoms with Crippen molar-refractivity contribution in [3.05, 3.63) is 0 Å². The number of carbonyl (C=O) groups is 2. The Labute approximate surface area is 114 Å². The van der Waals surface area contributed by atoms with Crippen LogP contribution in [0.25, 0.3) is 0 Å². The molecule has 1 aliphatic rings. The lowest BCUT2D eigenvalue weighted by molar-refractivity contribution is -0.137. The molecule has 0 aromatic rings. The molecule has 110 valence electrons. The molecule has 0 aromatic carbocycles. The zero-order chi connectivity index (χ0) is 14.1. The highest BCUT2D eigenvalue weighted by molar-refractivity contribution is 5.80. The summed E-state index contributed by atoms with van der Waals surface area (Å²) in [5.41, 5.74) is 0. The second-order valence-electron chi connectivity index (χ2n) is 5.22. The van der Waals surface area contributed by atoms with E-state index >= 15 is 0 Å². The van der Waals surface area contributed by atoms with Crippen LogP contribution in [0.2, 0.25) is 0 Å². The highest BCUT2D eigenvalue weighted by atomic mass is 16.5. The van der Waals surface area contributed by atoms with Gasteiger partial charge in [0, 0.05) is 13.0 Å². The largest absolute Gasteiger partial charge is 0.481 e. The van der Waals surface area contributed by atoms with Gasteiger partial charge in [-0.1, -0.05) is 19.3 Å². The van der Waals surface area contributed by atoms with Crippen LogP contribution >= 0.6 is 0 Å². The van der Waals surface area contributed by atoms with E-state index in [-0.39, 0.29) is 24.5 Å². The number of hydrogen-bond donors (Lipinski definition) is 2. The Balaban J connectivity index is 1.90. The Morgan fingerprint density at radius 3 is 2.47 bits per heavy atom. The second-order valence-corrected chi connectivity index (χ2v) is 5.22. The van der Waals surface area contributed by atoms with Gasteiger partial charge >= 0.3 is 5.97 Å². The van der Waals surface area contributed by atoms with Gasteiger partial charge in [-0.25, -0.2) is 0 Å². The summed E-state index contributed by atoms with van der Waals surface area (Å²) >= 11 is 0. The third-order valence-electron chi connectivity index (χ3n) is 3.39. The number of ether oxygens (including phenoxy) is 1. The summed E-state index contributed by atoms with van der Waals surface area (Å²) in [6, 6.07) is 0. The van der Waals surface area contributed by atoms with E-state index in [1.54, 1.807) is 0 Å². The van der Waals surface area contributed by atoms with Crippen LogP contribution in [-0.4, -0.2) is 35.7 Å². The third kappa shape index (κ3) is 7.15. The summed E-state index contributed by atoms with van der Waals surface area (Å²) in [5.74, 6) is -0.715. The van der Waals surface area contributed by atoms with E-state index in [4.69, 9.17) is 9.84 Å². The van der Waals surface area contributed by atoms with Crippen LogP contribution in [-0.2, 0) is 14.3 Å². The van der Waals surface area contributed by atoms with Crippen molar-refractivity contribution in [1.82, 2.24) is 5.32 Å². The Morgan fingerprint density at radius 1 is 1.16 bits per heavy atom. The van der Waals surface area contributed by atoms with Gasteiger partial charge in [0.2, 0.25) is 5.91 Å². The van der Waals surface area contributed by atoms with Gasteiger partial charge in [-0.05, 0) is 32.6 Å². The van der Waals surface area contributed by atoms with E-state index in [1.165, 1.54) is 0 Å². The first-order valence-corrected chi connectivity index (χ1v) is 7.24. The van der Waals surface area contributed by atoms with Gasteiger partial charge < -0.3 is 15.2 Å². The molecule has 1 fully saturated rings. The molecule has 0 bridgehead atoms. The lowest BCUT2D eigenvalue weighted by Crippen LogP contribution is -2.35. The summed E-state index contributed by atoms with van der Waals surface area (Å²) < 4.78 is 5.49. The molecular weight excluding hydrogens is 246 g/mol. The average Bonchev–Trinajstić information content (AvgIpc) is 2.78. The summed E-state index contributed by atoms with van der Waals surface area (Å²) in [6.45, 7) is 2.68.